The molecule has 4 rings (SSSR count). The Kier molecular flexibility index (Phi) is 8.93. The van der Waals surface area contributed by atoms with Crippen LogP contribution in [0.25, 0.3) is 5.69 Å². The molecular weight excluding hydrogens is 557 g/mol. The van der Waals surface area contributed by atoms with Gasteiger partial charge in [-0.05, 0) is 61.0 Å². The van der Waals surface area contributed by atoms with Crippen LogP contribution >= 0.6 is 23.2 Å². The normalized spacial score (nSPS) is 10.9. The van der Waals surface area contributed by atoms with Crippen molar-refractivity contribution in [2.45, 2.75) is 13.5 Å². The summed E-state index contributed by atoms with van der Waals surface area (Å²) < 4.78 is 14.2. The lowest BCUT2D eigenvalue weighted by atomic mass is 10.1. The quantitative estimate of drug-likeness (QED) is 0.181. The van der Waals surface area contributed by atoms with Gasteiger partial charge >= 0.3 is 11.8 Å². The Morgan fingerprint density at radius 2 is 1.73 bits per heavy atom. The number of halogens is 2. The lowest BCUT2D eigenvalue weighted by Gasteiger charge is -2.12. The molecule has 0 radical (unpaired) electrons. The van der Waals surface area contributed by atoms with Crippen LogP contribution in [0, 0.1) is 6.92 Å². The molecule has 0 spiro atoms. The third kappa shape index (κ3) is 6.36. The van der Waals surface area contributed by atoms with Crippen LogP contribution < -0.4 is 25.8 Å². The van der Waals surface area contributed by atoms with Gasteiger partial charge in [-0.15, -0.1) is 0 Å². The first-order chi connectivity index (χ1) is 19.2. The first-order valence-corrected chi connectivity index (χ1v) is 12.7. The third-order valence-corrected chi connectivity index (χ3v) is 6.49. The van der Waals surface area contributed by atoms with Crippen molar-refractivity contribution in [2.24, 2.45) is 12.1 Å². The van der Waals surface area contributed by atoms with Gasteiger partial charge in [-0.2, -0.15) is 5.10 Å². The number of para-hydroxylation sites is 1. The minimum absolute atomic E-state index is 0.00364. The predicted molar refractivity (Wildman–Crippen MR) is 154 cm³/mol. The highest BCUT2D eigenvalue weighted by Crippen LogP contribution is 2.29. The number of ether oxygens (including phenoxy) is 2. The van der Waals surface area contributed by atoms with E-state index in [1.807, 2.05) is 6.07 Å². The van der Waals surface area contributed by atoms with Gasteiger partial charge in [0.2, 0.25) is 0 Å². The molecule has 12 heteroatoms. The molecule has 1 aromatic heterocycles. The van der Waals surface area contributed by atoms with Crippen molar-refractivity contribution in [3.63, 3.8) is 0 Å². The van der Waals surface area contributed by atoms with E-state index in [0.717, 1.165) is 0 Å². The highest BCUT2D eigenvalue weighted by Gasteiger charge is 2.21. The molecular formula is C28H25Cl2N5O5. The largest absolute Gasteiger partial charge is 0.496 e. The maximum atomic E-state index is 13.0. The number of methoxy groups -OCH3 is 1. The number of hydrogen-bond donors (Lipinski definition) is 2. The number of rotatable bonds is 8. The molecule has 0 unspecified atom stereocenters. The Morgan fingerprint density at radius 1 is 1.00 bits per heavy atom. The van der Waals surface area contributed by atoms with E-state index in [2.05, 4.69) is 15.8 Å². The van der Waals surface area contributed by atoms with Crippen LogP contribution in [0.4, 0.5) is 5.69 Å². The summed E-state index contributed by atoms with van der Waals surface area (Å²) in [6, 6.07) is 19.0. The van der Waals surface area contributed by atoms with Gasteiger partial charge in [-0.3, -0.25) is 19.1 Å². The van der Waals surface area contributed by atoms with Gasteiger partial charge in [0.1, 0.15) is 23.8 Å². The molecule has 0 aliphatic rings. The number of hydrazone groups is 1. The number of benzene rings is 3. The molecule has 3 aromatic carbocycles. The molecule has 4 aromatic rings. The van der Waals surface area contributed by atoms with E-state index in [-0.39, 0.29) is 12.3 Å². The van der Waals surface area contributed by atoms with Crippen LogP contribution in [0.15, 0.2) is 76.6 Å². The molecule has 206 valence electrons. The van der Waals surface area contributed by atoms with Crippen LogP contribution in [0.1, 0.15) is 16.8 Å². The maximum Gasteiger partial charge on any atom is 0.329 e. The Hall–Kier alpha value is -4.54. The Bertz CT molecular complexity index is 1650. The van der Waals surface area contributed by atoms with Crippen molar-refractivity contribution < 1.29 is 19.1 Å². The summed E-state index contributed by atoms with van der Waals surface area (Å²) in [5.74, 6) is -1.05. The molecule has 0 fully saturated rings. The smallest absolute Gasteiger partial charge is 0.329 e. The van der Waals surface area contributed by atoms with E-state index in [9.17, 15) is 14.4 Å². The monoisotopic (exact) mass is 581 g/mol. The van der Waals surface area contributed by atoms with E-state index < -0.39 is 17.4 Å². The second kappa shape index (κ2) is 12.5. The average molecular weight is 582 g/mol. The SMILES string of the molecule is COc1ccc(/C=N/NC(=O)C(=O)Nc2c(C)n(C)n(-c3ccccc3)c2=O)cc1COc1ccc(Cl)cc1Cl. The van der Waals surface area contributed by atoms with E-state index in [1.165, 1.54) is 18.0 Å². The minimum Gasteiger partial charge on any atom is -0.496 e. The molecule has 0 saturated carbocycles. The van der Waals surface area contributed by atoms with Gasteiger partial charge in [0, 0.05) is 17.6 Å². The summed E-state index contributed by atoms with van der Waals surface area (Å²) >= 11 is 12.1. The second-order valence-corrected chi connectivity index (χ2v) is 9.37. The number of carbonyl (C=O) groups is 2. The van der Waals surface area contributed by atoms with Crippen molar-refractivity contribution in [1.29, 1.82) is 0 Å². The summed E-state index contributed by atoms with van der Waals surface area (Å²) in [5, 5.41) is 7.12. The van der Waals surface area contributed by atoms with Gasteiger partial charge in [0.05, 0.1) is 29.7 Å². The zero-order valence-electron chi connectivity index (χ0n) is 21.8. The number of aromatic nitrogens is 2. The Labute approximate surface area is 239 Å². The molecule has 40 heavy (non-hydrogen) atoms. The molecule has 2 amide bonds. The number of nitrogens with zero attached hydrogens (tertiary/aromatic N) is 3. The highest BCUT2D eigenvalue weighted by molar-refractivity contribution is 6.39. The molecule has 1 heterocycles. The minimum atomic E-state index is -1.04. The summed E-state index contributed by atoms with van der Waals surface area (Å²) in [5.41, 5.74) is 4.09. The van der Waals surface area contributed by atoms with Crippen molar-refractivity contribution in [3.05, 3.63) is 104 Å². The molecule has 0 aliphatic heterocycles. The first kappa shape index (κ1) is 28.5. The molecule has 0 aliphatic carbocycles. The van der Waals surface area contributed by atoms with Crippen LogP contribution in [0.2, 0.25) is 10.0 Å². The topological polar surface area (TPSA) is 116 Å². The van der Waals surface area contributed by atoms with E-state index in [0.29, 0.717) is 44.1 Å². The summed E-state index contributed by atoms with van der Waals surface area (Å²) in [7, 11) is 3.21. The summed E-state index contributed by atoms with van der Waals surface area (Å²) in [6.45, 7) is 1.80. The molecule has 0 atom stereocenters. The number of carbonyl (C=O) groups excluding carboxylic acids is 2. The maximum absolute atomic E-state index is 13.0. The average Bonchev–Trinajstić information content (AvgIpc) is 3.15. The van der Waals surface area contributed by atoms with E-state index in [1.54, 1.807) is 79.3 Å². The number of amides is 2. The zero-order valence-corrected chi connectivity index (χ0v) is 23.3. The Balaban J connectivity index is 1.41. The fourth-order valence-corrected chi connectivity index (χ4v) is 4.30. The number of nitrogens with one attached hydrogen (secondary N) is 2. The summed E-state index contributed by atoms with van der Waals surface area (Å²) in [4.78, 5) is 37.9. The van der Waals surface area contributed by atoms with Crippen molar-refractivity contribution >= 4 is 46.9 Å². The van der Waals surface area contributed by atoms with Gasteiger partial charge in [0.15, 0.2) is 0 Å². The van der Waals surface area contributed by atoms with Gasteiger partial charge in [0.25, 0.3) is 5.56 Å². The highest BCUT2D eigenvalue weighted by atomic mass is 35.5. The number of anilines is 1. The van der Waals surface area contributed by atoms with Crippen LogP contribution in [-0.4, -0.2) is 34.5 Å². The molecule has 2 N–H and O–H groups in total. The van der Waals surface area contributed by atoms with Gasteiger partial charge in [-0.1, -0.05) is 41.4 Å². The van der Waals surface area contributed by atoms with Crippen LogP contribution in [0.3, 0.4) is 0 Å². The van der Waals surface area contributed by atoms with Crippen LogP contribution in [-0.2, 0) is 23.2 Å². The second-order valence-electron chi connectivity index (χ2n) is 8.52. The van der Waals surface area contributed by atoms with Crippen molar-refractivity contribution in [3.8, 4) is 17.2 Å². The van der Waals surface area contributed by atoms with E-state index in [4.69, 9.17) is 32.7 Å². The van der Waals surface area contributed by atoms with Gasteiger partial charge in [-0.25, -0.2) is 10.1 Å². The fourth-order valence-electron chi connectivity index (χ4n) is 3.84. The lowest BCUT2D eigenvalue weighted by Crippen LogP contribution is -2.34. The Morgan fingerprint density at radius 3 is 2.42 bits per heavy atom. The molecule has 10 nitrogen and oxygen atoms in total. The first-order valence-electron chi connectivity index (χ1n) is 11.9. The van der Waals surface area contributed by atoms with E-state index >= 15 is 0 Å². The molecule has 0 saturated heterocycles. The molecule has 0 bridgehead atoms. The third-order valence-electron chi connectivity index (χ3n) is 5.96. The van der Waals surface area contributed by atoms with Gasteiger partial charge < -0.3 is 14.8 Å². The van der Waals surface area contributed by atoms with Crippen LogP contribution in [0.5, 0.6) is 11.5 Å². The lowest BCUT2D eigenvalue weighted by molar-refractivity contribution is -0.136. The van der Waals surface area contributed by atoms with Crippen molar-refractivity contribution in [1.82, 2.24) is 14.8 Å². The fraction of sp³-hybridized carbons (Fsp3) is 0.143. The predicted octanol–water partition coefficient (Wildman–Crippen LogP) is 4.47. The standard InChI is InChI=1S/C28H25Cl2N5O5/c1-17-25(28(38)35(34(17)2)21-7-5-4-6-8-21)32-26(36)27(37)33-31-15-18-9-11-23(39-3)19(13-18)16-40-24-12-10-20(29)14-22(24)30/h4-15H,16H2,1-3H3,(H,32,36)(H,33,37)/b31-15+. The number of hydrogen-bond acceptors (Lipinski definition) is 6. The summed E-state index contributed by atoms with van der Waals surface area (Å²) in [6.07, 6.45) is 1.36. The zero-order chi connectivity index (χ0) is 28.8. The van der Waals surface area contributed by atoms with Crippen molar-refractivity contribution in [2.75, 3.05) is 12.4 Å².